The van der Waals surface area contributed by atoms with Crippen molar-refractivity contribution in [3.8, 4) is 0 Å². The maximum atomic E-state index is 11.9. The molecule has 3 rings (SSSR count). The molecule has 2 saturated carbocycles. The van der Waals surface area contributed by atoms with Crippen molar-refractivity contribution >= 4 is 29.0 Å². The lowest BCUT2D eigenvalue weighted by molar-refractivity contribution is -0.127. The Balaban J connectivity index is 1.94. The summed E-state index contributed by atoms with van der Waals surface area (Å²) in [7, 11) is 0. The molecule has 2 aliphatic rings. The number of Topliss-reactive ketones (excluding diaryl/α,β-unsaturated/α-hetero) is 1. The third kappa shape index (κ3) is 2.18. The number of halogens is 2. The van der Waals surface area contributed by atoms with Gasteiger partial charge in [-0.2, -0.15) is 0 Å². The van der Waals surface area contributed by atoms with Crippen molar-refractivity contribution in [1.82, 2.24) is 0 Å². The number of aliphatic hydroxyl groups excluding tert-OH is 1. The molecule has 0 radical (unpaired) electrons. The molecule has 0 aromatic heterocycles. The van der Waals surface area contributed by atoms with Crippen molar-refractivity contribution in [2.75, 3.05) is 0 Å². The Labute approximate surface area is 129 Å². The molecular weight excluding hydrogens is 295 g/mol. The van der Waals surface area contributed by atoms with Gasteiger partial charge in [-0.1, -0.05) is 35.7 Å². The molecule has 2 fully saturated rings. The van der Waals surface area contributed by atoms with Crippen LogP contribution in [0.25, 0.3) is 0 Å². The third-order valence-corrected chi connectivity index (χ3v) is 5.78. The highest BCUT2D eigenvalue weighted by molar-refractivity contribution is 6.42. The molecule has 0 spiro atoms. The number of hydrogen-bond acceptors (Lipinski definition) is 2. The van der Waals surface area contributed by atoms with Crippen LogP contribution in [-0.2, 0) is 10.2 Å². The van der Waals surface area contributed by atoms with Gasteiger partial charge in [-0.25, -0.2) is 0 Å². The van der Waals surface area contributed by atoms with Crippen LogP contribution in [0, 0.1) is 5.92 Å². The fourth-order valence-electron chi connectivity index (χ4n) is 3.68. The Morgan fingerprint density at radius 3 is 2.45 bits per heavy atom. The Kier molecular flexibility index (Phi) is 3.83. The first kappa shape index (κ1) is 14.4. The molecule has 0 heterocycles. The van der Waals surface area contributed by atoms with Crippen LogP contribution in [0.5, 0.6) is 0 Å². The molecule has 0 amide bonds. The molecule has 0 unspecified atom stereocenters. The van der Waals surface area contributed by atoms with E-state index in [2.05, 4.69) is 0 Å². The molecule has 2 nitrogen and oxygen atoms in total. The van der Waals surface area contributed by atoms with Crippen LogP contribution >= 0.6 is 23.2 Å². The van der Waals surface area contributed by atoms with Crippen molar-refractivity contribution in [3.63, 3.8) is 0 Å². The highest BCUT2D eigenvalue weighted by Gasteiger charge is 2.50. The molecule has 1 N–H and O–H groups in total. The quantitative estimate of drug-likeness (QED) is 0.910. The average molecular weight is 313 g/mol. The van der Waals surface area contributed by atoms with Gasteiger partial charge in [0.1, 0.15) is 5.78 Å². The van der Waals surface area contributed by atoms with Gasteiger partial charge in [0.15, 0.2) is 0 Å². The number of carbonyl (C=O) groups is 1. The number of hydrogen-bond donors (Lipinski definition) is 1. The van der Waals surface area contributed by atoms with E-state index in [1.54, 1.807) is 6.07 Å². The first-order chi connectivity index (χ1) is 9.54. The van der Waals surface area contributed by atoms with E-state index >= 15 is 0 Å². The lowest BCUT2D eigenvalue weighted by Gasteiger charge is -2.48. The first-order valence-corrected chi connectivity index (χ1v) is 7.96. The minimum atomic E-state index is -0.594. The molecule has 2 atom stereocenters. The van der Waals surface area contributed by atoms with E-state index < -0.39 is 6.10 Å². The fraction of sp³-hybridized carbons (Fsp3) is 0.562. The van der Waals surface area contributed by atoms with Gasteiger partial charge in [0.05, 0.1) is 16.1 Å². The van der Waals surface area contributed by atoms with E-state index in [-0.39, 0.29) is 17.1 Å². The number of aliphatic hydroxyl groups is 1. The number of rotatable bonds is 3. The van der Waals surface area contributed by atoms with Crippen molar-refractivity contribution in [3.05, 3.63) is 33.8 Å². The van der Waals surface area contributed by atoms with E-state index in [0.717, 1.165) is 37.7 Å². The first-order valence-electron chi connectivity index (χ1n) is 7.21. The zero-order chi connectivity index (χ0) is 14.3. The predicted octanol–water partition coefficient (Wildman–Crippen LogP) is 4.15. The third-order valence-electron chi connectivity index (χ3n) is 5.04. The van der Waals surface area contributed by atoms with Gasteiger partial charge in [-0.05, 0) is 43.4 Å². The van der Waals surface area contributed by atoms with E-state index in [0.29, 0.717) is 16.5 Å². The SMILES string of the molecule is O=C1CCC[C@@H]1[C@@H](O)C1(c2ccc(Cl)c(Cl)c2)CCC1. The maximum Gasteiger partial charge on any atom is 0.138 e. The van der Waals surface area contributed by atoms with E-state index in [1.165, 1.54) is 0 Å². The van der Waals surface area contributed by atoms with Crippen molar-refractivity contribution in [2.24, 2.45) is 5.92 Å². The van der Waals surface area contributed by atoms with Gasteiger partial charge in [0.2, 0.25) is 0 Å². The van der Waals surface area contributed by atoms with Crippen LogP contribution < -0.4 is 0 Å². The summed E-state index contributed by atoms with van der Waals surface area (Å²) < 4.78 is 0. The van der Waals surface area contributed by atoms with Crippen molar-refractivity contribution in [2.45, 2.75) is 50.0 Å². The standard InChI is InChI=1S/C16H18Cl2O2/c17-12-6-5-10(9-13(12)18)16(7-2-8-16)15(20)11-3-1-4-14(11)19/h5-6,9,11,15,20H,1-4,7-8H2/t11-,15+/m0/s1. The average Bonchev–Trinajstić information content (AvgIpc) is 2.78. The summed E-state index contributed by atoms with van der Waals surface area (Å²) in [6, 6.07) is 5.57. The molecule has 1 aromatic carbocycles. The topological polar surface area (TPSA) is 37.3 Å². The number of ketones is 1. The highest BCUT2D eigenvalue weighted by atomic mass is 35.5. The van der Waals surface area contributed by atoms with Crippen molar-refractivity contribution in [1.29, 1.82) is 0 Å². The molecule has 20 heavy (non-hydrogen) atoms. The Bertz CT molecular complexity index is 537. The second kappa shape index (κ2) is 5.32. The minimum Gasteiger partial charge on any atom is -0.391 e. The summed E-state index contributed by atoms with van der Waals surface area (Å²) in [6.07, 6.45) is 4.63. The lowest BCUT2D eigenvalue weighted by Crippen LogP contribution is -2.50. The molecule has 0 aliphatic heterocycles. The second-order valence-corrected chi connectivity index (χ2v) is 6.86. The maximum absolute atomic E-state index is 11.9. The van der Waals surface area contributed by atoms with Gasteiger partial charge in [0.25, 0.3) is 0 Å². The van der Waals surface area contributed by atoms with E-state index in [9.17, 15) is 9.90 Å². The Morgan fingerprint density at radius 1 is 1.20 bits per heavy atom. The molecular formula is C16H18Cl2O2. The van der Waals surface area contributed by atoms with Gasteiger partial charge >= 0.3 is 0 Å². The van der Waals surface area contributed by atoms with Gasteiger partial charge in [0, 0.05) is 17.8 Å². The van der Waals surface area contributed by atoms with Gasteiger partial charge in [-0.15, -0.1) is 0 Å². The smallest absolute Gasteiger partial charge is 0.138 e. The zero-order valence-electron chi connectivity index (χ0n) is 11.2. The summed E-state index contributed by atoms with van der Waals surface area (Å²) in [4.78, 5) is 11.9. The Morgan fingerprint density at radius 2 is 1.95 bits per heavy atom. The normalized spacial score (nSPS) is 26.4. The highest BCUT2D eigenvalue weighted by Crippen LogP contribution is 2.50. The molecule has 0 bridgehead atoms. The molecule has 2 aliphatic carbocycles. The Hall–Kier alpha value is -0.570. The monoisotopic (exact) mass is 312 g/mol. The van der Waals surface area contributed by atoms with Crippen LogP contribution in [-0.4, -0.2) is 17.0 Å². The molecule has 108 valence electrons. The lowest BCUT2D eigenvalue weighted by atomic mass is 9.58. The van der Waals surface area contributed by atoms with Crippen LogP contribution in [0.2, 0.25) is 10.0 Å². The molecule has 0 saturated heterocycles. The van der Waals surface area contributed by atoms with Crippen LogP contribution in [0.1, 0.15) is 44.1 Å². The summed E-state index contributed by atoms with van der Waals surface area (Å²) in [6.45, 7) is 0. The van der Waals surface area contributed by atoms with E-state index in [1.807, 2.05) is 12.1 Å². The van der Waals surface area contributed by atoms with E-state index in [4.69, 9.17) is 23.2 Å². The van der Waals surface area contributed by atoms with Gasteiger partial charge in [-0.3, -0.25) is 4.79 Å². The summed E-state index contributed by atoms with van der Waals surface area (Å²) in [5.74, 6) is 0.00795. The van der Waals surface area contributed by atoms with Crippen molar-refractivity contribution < 1.29 is 9.90 Å². The summed E-state index contributed by atoms with van der Waals surface area (Å²) >= 11 is 12.1. The number of benzene rings is 1. The van der Waals surface area contributed by atoms with Crippen LogP contribution in [0.3, 0.4) is 0 Å². The predicted molar refractivity (Wildman–Crippen MR) is 80.3 cm³/mol. The van der Waals surface area contributed by atoms with Gasteiger partial charge < -0.3 is 5.11 Å². The summed E-state index contributed by atoms with van der Waals surface area (Å²) in [5, 5.41) is 11.8. The largest absolute Gasteiger partial charge is 0.391 e. The summed E-state index contributed by atoms with van der Waals surface area (Å²) in [5.41, 5.74) is 0.712. The number of carbonyl (C=O) groups excluding carboxylic acids is 1. The minimum absolute atomic E-state index is 0.204. The fourth-order valence-corrected chi connectivity index (χ4v) is 3.98. The van der Waals surface area contributed by atoms with Crippen LogP contribution in [0.4, 0.5) is 0 Å². The zero-order valence-corrected chi connectivity index (χ0v) is 12.8. The molecule has 1 aromatic rings. The second-order valence-electron chi connectivity index (χ2n) is 6.05. The molecule has 4 heteroatoms. The van der Waals surface area contributed by atoms with Crippen LogP contribution in [0.15, 0.2) is 18.2 Å².